The standard InChI is InChI=1S/C23H23ClN6O3/c1-28-22(25-14-26-28)15-5-6-20-19(10-15)27-21(31)12-29-7-8-30(11-18(29)13-33-20)23(32)16-3-2-4-17(24)9-16/h2-6,9-10,14,18H,7-8,11-13H2,1H3,(H,27,31)/t18-/m1/s1. The van der Waals surface area contributed by atoms with Crippen LogP contribution in [0, 0.1) is 0 Å². The van der Waals surface area contributed by atoms with Crippen molar-refractivity contribution < 1.29 is 14.3 Å². The molecule has 170 valence electrons. The lowest BCUT2D eigenvalue weighted by molar-refractivity contribution is -0.118. The van der Waals surface area contributed by atoms with Crippen molar-refractivity contribution >= 4 is 29.1 Å². The maximum Gasteiger partial charge on any atom is 0.254 e. The van der Waals surface area contributed by atoms with Crippen LogP contribution < -0.4 is 10.1 Å². The van der Waals surface area contributed by atoms with E-state index in [1.165, 1.54) is 6.33 Å². The van der Waals surface area contributed by atoms with Crippen molar-refractivity contribution in [2.24, 2.45) is 7.05 Å². The van der Waals surface area contributed by atoms with Crippen LogP contribution >= 0.6 is 11.6 Å². The van der Waals surface area contributed by atoms with E-state index in [1.807, 2.05) is 25.2 Å². The summed E-state index contributed by atoms with van der Waals surface area (Å²) in [6.45, 7) is 2.14. The van der Waals surface area contributed by atoms with Gasteiger partial charge in [-0.1, -0.05) is 17.7 Å². The molecule has 3 heterocycles. The second-order valence-electron chi connectivity index (χ2n) is 8.16. The number of carbonyl (C=O) groups is 2. The molecule has 5 rings (SSSR count). The highest BCUT2D eigenvalue weighted by Crippen LogP contribution is 2.31. The Kier molecular flexibility index (Phi) is 5.74. The molecule has 0 spiro atoms. The number of aromatic nitrogens is 3. The molecule has 1 N–H and O–H groups in total. The number of piperazine rings is 1. The Morgan fingerprint density at radius 1 is 1.21 bits per heavy atom. The third-order valence-electron chi connectivity index (χ3n) is 5.96. The Bertz CT molecular complexity index is 1210. The quantitative estimate of drug-likeness (QED) is 0.623. The topological polar surface area (TPSA) is 92.6 Å². The number of benzene rings is 2. The van der Waals surface area contributed by atoms with Gasteiger partial charge in [-0.2, -0.15) is 5.10 Å². The highest BCUT2D eigenvalue weighted by atomic mass is 35.5. The number of halogens is 1. The van der Waals surface area contributed by atoms with Crippen LogP contribution in [0.25, 0.3) is 11.4 Å². The van der Waals surface area contributed by atoms with Gasteiger partial charge in [-0.25, -0.2) is 9.67 Å². The summed E-state index contributed by atoms with van der Waals surface area (Å²) < 4.78 is 7.80. The van der Waals surface area contributed by atoms with E-state index in [2.05, 4.69) is 20.3 Å². The molecule has 10 heteroatoms. The molecule has 1 atom stereocenters. The minimum Gasteiger partial charge on any atom is -0.490 e. The van der Waals surface area contributed by atoms with Gasteiger partial charge in [0.1, 0.15) is 18.7 Å². The van der Waals surface area contributed by atoms with Crippen LogP contribution in [0.4, 0.5) is 5.69 Å². The predicted molar refractivity (Wildman–Crippen MR) is 123 cm³/mol. The summed E-state index contributed by atoms with van der Waals surface area (Å²) in [6, 6.07) is 12.4. The van der Waals surface area contributed by atoms with Gasteiger partial charge in [0, 0.05) is 42.8 Å². The highest BCUT2D eigenvalue weighted by Gasteiger charge is 2.33. The van der Waals surface area contributed by atoms with Gasteiger partial charge in [-0.3, -0.25) is 14.5 Å². The zero-order valence-electron chi connectivity index (χ0n) is 18.1. The van der Waals surface area contributed by atoms with E-state index in [-0.39, 0.29) is 24.4 Å². The van der Waals surface area contributed by atoms with Crippen LogP contribution in [0.2, 0.25) is 5.02 Å². The lowest BCUT2D eigenvalue weighted by atomic mass is 10.1. The summed E-state index contributed by atoms with van der Waals surface area (Å²) in [5.41, 5.74) is 1.97. The summed E-state index contributed by atoms with van der Waals surface area (Å²) >= 11 is 6.06. The Labute approximate surface area is 195 Å². The molecule has 0 bridgehead atoms. The Morgan fingerprint density at radius 2 is 2.09 bits per heavy atom. The number of nitrogens with zero attached hydrogens (tertiary/aromatic N) is 5. The molecule has 1 saturated heterocycles. The molecule has 1 aromatic heterocycles. The minimum absolute atomic E-state index is 0.0739. The lowest BCUT2D eigenvalue weighted by Gasteiger charge is -2.40. The van der Waals surface area contributed by atoms with E-state index in [0.717, 1.165) is 5.56 Å². The molecule has 2 aliphatic rings. The fraction of sp³-hybridized carbons (Fsp3) is 0.304. The van der Waals surface area contributed by atoms with Crippen molar-refractivity contribution in [1.29, 1.82) is 0 Å². The largest absolute Gasteiger partial charge is 0.490 e. The SMILES string of the molecule is Cn1ncnc1-c1ccc2c(c1)NC(=O)CN1CCN(C(=O)c3cccc(Cl)c3)C[C@@H]1CO2. The molecule has 2 aromatic carbocycles. The molecule has 1 fully saturated rings. The molecule has 2 aliphatic heterocycles. The number of hydrogen-bond donors (Lipinski definition) is 1. The van der Waals surface area contributed by atoms with E-state index in [0.29, 0.717) is 54.1 Å². The first kappa shape index (κ1) is 21.4. The second kappa shape index (κ2) is 8.84. The number of amides is 2. The van der Waals surface area contributed by atoms with Gasteiger partial charge in [0.25, 0.3) is 5.91 Å². The van der Waals surface area contributed by atoms with Crippen molar-refractivity contribution in [3.8, 4) is 17.1 Å². The molecule has 3 aromatic rings. The van der Waals surface area contributed by atoms with E-state index in [1.54, 1.807) is 33.8 Å². The number of aryl methyl sites for hydroxylation is 1. The molecule has 9 nitrogen and oxygen atoms in total. The lowest BCUT2D eigenvalue weighted by Crippen LogP contribution is -2.57. The minimum atomic E-state index is -0.128. The van der Waals surface area contributed by atoms with E-state index >= 15 is 0 Å². The zero-order valence-corrected chi connectivity index (χ0v) is 18.8. The monoisotopic (exact) mass is 466 g/mol. The van der Waals surface area contributed by atoms with Gasteiger partial charge in [-0.15, -0.1) is 0 Å². The van der Waals surface area contributed by atoms with Crippen LogP contribution in [0.3, 0.4) is 0 Å². The van der Waals surface area contributed by atoms with Gasteiger partial charge < -0.3 is 15.0 Å². The number of rotatable bonds is 2. The van der Waals surface area contributed by atoms with Crippen LogP contribution in [0.1, 0.15) is 10.4 Å². The van der Waals surface area contributed by atoms with E-state index in [9.17, 15) is 9.59 Å². The third kappa shape index (κ3) is 4.42. The smallest absolute Gasteiger partial charge is 0.254 e. The molecule has 33 heavy (non-hydrogen) atoms. The van der Waals surface area contributed by atoms with Crippen LogP contribution in [0.5, 0.6) is 5.75 Å². The summed E-state index contributed by atoms with van der Waals surface area (Å²) in [5.74, 6) is 1.07. The van der Waals surface area contributed by atoms with Crippen molar-refractivity contribution in [2.45, 2.75) is 6.04 Å². The van der Waals surface area contributed by atoms with E-state index < -0.39 is 0 Å². The van der Waals surface area contributed by atoms with Crippen LogP contribution in [-0.4, -0.2) is 75.2 Å². The zero-order chi connectivity index (χ0) is 22.9. The number of ether oxygens (including phenoxy) is 1. The maximum absolute atomic E-state index is 13.0. The van der Waals surface area contributed by atoms with Crippen LogP contribution in [0.15, 0.2) is 48.8 Å². The first-order chi connectivity index (χ1) is 16.0. The fourth-order valence-corrected chi connectivity index (χ4v) is 4.45. The van der Waals surface area contributed by atoms with Gasteiger partial charge in [0.05, 0.1) is 18.3 Å². The number of hydrogen-bond acceptors (Lipinski definition) is 6. The fourth-order valence-electron chi connectivity index (χ4n) is 4.26. The van der Waals surface area contributed by atoms with Crippen molar-refractivity contribution in [2.75, 3.05) is 38.1 Å². The average molecular weight is 467 g/mol. The molecular formula is C23H23ClN6O3. The summed E-state index contributed by atoms with van der Waals surface area (Å²) in [6.07, 6.45) is 1.49. The molecule has 0 radical (unpaired) electrons. The van der Waals surface area contributed by atoms with Crippen molar-refractivity contribution in [3.05, 3.63) is 59.4 Å². The normalized spacial score (nSPS) is 18.8. The molecule has 2 amide bonds. The van der Waals surface area contributed by atoms with Crippen molar-refractivity contribution in [1.82, 2.24) is 24.6 Å². The van der Waals surface area contributed by atoms with Crippen molar-refractivity contribution in [3.63, 3.8) is 0 Å². The first-order valence-electron chi connectivity index (χ1n) is 10.7. The Hall–Kier alpha value is -3.43. The number of fused-ring (bicyclic) bond motifs is 2. The average Bonchev–Trinajstić information content (AvgIpc) is 3.25. The van der Waals surface area contributed by atoms with Gasteiger partial charge in [0.2, 0.25) is 5.91 Å². The molecule has 0 unspecified atom stereocenters. The first-order valence-corrected chi connectivity index (χ1v) is 11.1. The Balaban J connectivity index is 1.36. The summed E-state index contributed by atoms with van der Waals surface area (Å²) in [5, 5.41) is 7.60. The van der Waals surface area contributed by atoms with Gasteiger partial charge in [-0.05, 0) is 36.4 Å². The number of carbonyl (C=O) groups excluding carboxylic acids is 2. The highest BCUT2D eigenvalue weighted by molar-refractivity contribution is 6.30. The predicted octanol–water partition coefficient (Wildman–Crippen LogP) is 2.29. The number of anilines is 1. The maximum atomic E-state index is 13.0. The molecular weight excluding hydrogens is 444 g/mol. The van der Waals surface area contributed by atoms with E-state index in [4.69, 9.17) is 16.3 Å². The number of nitrogens with one attached hydrogen (secondary N) is 1. The molecule has 0 saturated carbocycles. The summed E-state index contributed by atoms with van der Waals surface area (Å²) in [7, 11) is 1.81. The van der Waals surface area contributed by atoms with Gasteiger partial charge >= 0.3 is 0 Å². The summed E-state index contributed by atoms with van der Waals surface area (Å²) in [4.78, 5) is 33.9. The third-order valence-corrected chi connectivity index (χ3v) is 6.20. The second-order valence-corrected chi connectivity index (χ2v) is 8.60. The van der Waals surface area contributed by atoms with Crippen LogP contribution in [-0.2, 0) is 11.8 Å². The van der Waals surface area contributed by atoms with Gasteiger partial charge in [0.15, 0.2) is 5.82 Å². The molecule has 0 aliphatic carbocycles. The Morgan fingerprint density at radius 3 is 2.88 bits per heavy atom.